The first-order valence-corrected chi connectivity index (χ1v) is 8.92. The van der Waals surface area contributed by atoms with E-state index in [2.05, 4.69) is 10.6 Å². The minimum absolute atomic E-state index is 0.154. The van der Waals surface area contributed by atoms with Crippen molar-refractivity contribution in [2.24, 2.45) is 5.73 Å². The maximum absolute atomic E-state index is 13.1. The maximum atomic E-state index is 13.1. The molecule has 2 atom stereocenters. The Morgan fingerprint density at radius 1 is 0.964 bits per heavy atom. The zero-order chi connectivity index (χ0) is 20.7. The van der Waals surface area contributed by atoms with Crippen molar-refractivity contribution in [3.63, 3.8) is 0 Å². The molecule has 0 aliphatic rings. The Balaban J connectivity index is 2.14. The average Bonchev–Trinajstić information content (AvgIpc) is 2.63. The molecule has 0 saturated carbocycles. The number of carbonyl (C=O) groups is 3. The van der Waals surface area contributed by atoms with Crippen LogP contribution >= 0.6 is 0 Å². The van der Waals surface area contributed by atoms with Gasteiger partial charge in [0, 0.05) is 19.8 Å². The van der Waals surface area contributed by atoms with Gasteiger partial charge in [-0.1, -0.05) is 36.4 Å². The van der Waals surface area contributed by atoms with Crippen molar-refractivity contribution >= 4 is 17.7 Å². The summed E-state index contributed by atoms with van der Waals surface area (Å²) in [6, 6.07) is 11.3. The van der Waals surface area contributed by atoms with Crippen molar-refractivity contribution in [3.05, 3.63) is 71.0 Å². The quantitative estimate of drug-likeness (QED) is 0.640. The number of nitrogens with two attached hydrogens (primary N) is 1. The van der Waals surface area contributed by atoms with Crippen molar-refractivity contribution in [2.75, 3.05) is 0 Å². The molecule has 0 spiro atoms. The molecule has 0 aromatic heterocycles. The van der Waals surface area contributed by atoms with E-state index in [1.807, 2.05) is 31.2 Å². The van der Waals surface area contributed by atoms with Crippen LogP contribution in [0.3, 0.4) is 0 Å². The van der Waals surface area contributed by atoms with Crippen molar-refractivity contribution in [3.8, 4) is 0 Å². The van der Waals surface area contributed by atoms with Crippen molar-refractivity contribution < 1.29 is 18.8 Å². The highest BCUT2D eigenvalue weighted by molar-refractivity contribution is 5.91. The van der Waals surface area contributed by atoms with Gasteiger partial charge in [-0.25, -0.2) is 4.39 Å². The van der Waals surface area contributed by atoms with Crippen LogP contribution in [0.5, 0.6) is 0 Å². The van der Waals surface area contributed by atoms with E-state index in [1.165, 1.54) is 31.2 Å². The molecule has 0 bridgehead atoms. The summed E-state index contributed by atoms with van der Waals surface area (Å²) in [7, 11) is 0. The van der Waals surface area contributed by atoms with Crippen molar-refractivity contribution in [1.29, 1.82) is 0 Å². The molecule has 4 N–H and O–H groups in total. The molecule has 0 radical (unpaired) electrons. The van der Waals surface area contributed by atoms with Crippen LogP contribution in [0.15, 0.2) is 48.5 Å². The first-order chi connectivity index (χ1) is 13.3. The number of hydrogen-bond donors (Lipinski definition) is 3. The molecule has 0 fully saturated rings. The molecule has 2 rings (SSSR count). The fraction of sp³-hybridized carbons (Fsp3) is 0.286. The topological polar surface area (TPSA) is 101 Å². The highest BCUT2D eigenvalue weighted by Crippen LogP contribution is 2.11. The Bertz CT molecular complexity index is 852. The summed E-state index contributed by atoms with van der Waals surface area (Å²) in [6.45, 7) is 3.20. The van der Waals surface area contributed by atoms with E-state index < -0.39 is 35.6 Å². The van der Waals surface area contributed by atoms with E-state index >= 15 is 0 Å². The number of aryl methyl sites for hydroxylation is 1. The van der Waals surface area contributed by atoms with Gasteiger partial charge >= 0.3 is 0 Å². The molecule has 28 heavy (non-hydrogen) atoms. The molecule has 0 heterocycles. The molecule has 0 aliphatic heterocycles. The van der Waals surface area contributed by atoms with E-state index in [1.54, 1.807) is 0 Å². The molecular weight excluding hydrogens is 361 g/mol. The third-order valence-electron chi connectivity index (χ3n) is 4.39. The molecule has 148 valence electrons. The largest absolute Gasteiger partial charge is 0.368 e. The van der Waals surface area contributed by atoms with Gasteiger partial charge in [-0.2, -0.15) is 0 Å². The van der Waals surface area contributed by atoms with Crippen LogP contribution in [-0.4, -0.2) is 29.8 Å². The standard InChI is InChI=1S/C21H24FN3O3/c1-13-5-3-4-6-16(13)12-18(20(23)27)25-21(28)19(24-14(2)26)11-15-7-9-17(22)10-8-15/h3-10,18-19H,11-12H2,1-2H3,(H2,23,27)(H,24,26)(H,25,28)/t18-,19-/m0/s1. The van der Waals surface area contributed by atoms with Gasteiger partial charge in [-0.05, 0) is 35.7 Å². The van der Waals surface area contributed by atoms with E-state index in [9.17, 15) is 18.8 Å². The summed E-state index contributed by atoms with van der Waals surface area (Å²) >= 11 is 0. The zero-order valence-corrected chi connectivity index (χ0v) is 15.9. The lowest BCUT2D eigenvalue weighted by atomic mass is 9.99. The first-order valence-electron chi connectivity index (χ1n) is 8.92. The van der Waals surface area contributed by atoms with Crippen LogP contribution in [0.4, 0.5) is 4.39 Å². The second-order valence-corrected chi connectivity index (χ2v) is 6.68. The summed E-state index contributed by atoms with van der Waals surface area (Å²) in [4.78, 5) is 36.1. The van der Waals surface area contributed by atoms with E-state index in [0.29, 0.717) is 5.56 Å². The lowest BCUT2D eigenvalue weighted by Crippen LogP contribution is -2.54. The summed E-state index contributed by atoms with van der Waals surface area (Å²) < 4.78 is 13.1. The number of halogens is 1. The lowest BCUT2D eigenvalue weighted by Gasteiger charge is -2.22. The summed E-state index contributed by atoms with van der Waals surface area (Å²) in [5.74, 6) is -1.98. The molecule has 2 aromatic carbocycles. The van der Waals surface area contributed by atoms with Gasteiger partial charge in [0.25, 0.3) is 0 Å². The fourth-order valence-electron chi connectivity index (χ4n) is 2.86. The normalized spacial score (nSPS) is 12.7. The maximum Gasteiger partial charge on any atom is 0.243 e. The first kappa shape index (κ1) is 21.1. The molecule has 0 unspecified atom stereocenters. The van der Waals surface area contributed by atoms with E-state index in [-0.39, 0.29) is 12.8 Å². The molecule has 2 aromatic rings. The lowest BCUT2D eigenvalue weighted by molar-refractivity contribution is -0.130. The number of amides is 3. The highest BCUT2D eigenvalue weighted by Gasteiger charge is 2.25. The van der Waals surface area contributed by atoms with Gasteiger partial charge in [0.15, 0.2) is 0 Å². The summed E-state index contributed by atoms with van der Waals surface area (Å²) in [5, 5.41) is 5.19. The molecule has 7 heteroatoms. The third kappa shape index (κ3) is 6.19. The van der Waals surface area contributed by atoms with Gasteiger partial charge in [-0.15, -0.1) is 0 Å². The fourth-order valence-corrected chi connectivity index (χ4v) is 2.86. The zero-order valence-electron chi connectivity index (χ0n) is 15.9. The van der Waals surface area contributed by atoms with Crippen molar-refractivity contribution in [1.82, 2.24) is 10.6 Å². The van der Waals surface area contributed by atoms with E-state index in [0.717, 1.165) is 11.1 Å². The summed E-state index contributed by atoms with van der Waals surface area (Å²) in [6.07, 6.45) is 0.401. The molecular formula is C21H24FN3O3. The minimum Gasteiger partial charge on any atom is -0.368 e. The predicted molar refractivity (Wildman–Crippen MR) is 104 cm³/mol. The number of benzene rings is 2. The number of rotatable bonds is 8. The highest BCUT2D eigenvalue weighted by atomic mass is 19.1. The Morgan fingerprint density at radius 3 is 2.18 bits per heavy atom. The Hall–Kier alpha value is -3.22. The van der Waals surface area contributed by atoms with Gasteiger partial charge < -0.3 is 16.4 Å². The number of hydrogen-bond acceptors (Lipinski definition) is 3. The van der Waals surface area contributed by atoms with Crippen LogP contribution in [0.1, 0.15) is 23.6 Å². The molecule has 0 aliphatic carbocycles. The van der Waals surface area contributed by atoms with Crippen LogP contribution < -0.4 is 16.4 Å². The summed E-state index contributed by atoms with van der Waals surface area (Å²) in [5.41, 5.74) is 8.01. The van der Waals surface area contributed by atoms with Gasteiger partial charge in [-0.3, -0.25) is 14.4 Å². The monoisotopic (exact) mass is 385 g/mol. The SMILES string of the molecule is CC(=O)N[C@@H](Cc1ccc(F)cc1)C(=O)N[C@@H](Cc1ccccc1C)C(N)=O. The molecule has 3 amide bonds. The predicted octanol–water partition coefficient (Wildman–Crippen LogP) is 1.39. The second-order valence-electron chi connectivity index (χ2n) is 6.68. The molecule has 6 nitrogen and oxygen atoms in total. The van der Waals surface area contributed by atoms with Gasteiger partial charge in [0.1, 0.15) is 17.9 Å². The number of nitrogens with one attached hydrogen (secondary N) is 2. The van der Waals surface area contributed by atoms with Crippen LogP contribution in [0.2, 0.25) is 0 Å². The van der Waals surface area contributed by atoms with Crippen LogP contribution in [-0.2, 0) is 27.2 Å². The van der Waals surface area contributed by atoms with E-state index in [4.69, 9.17) is 5.73 Å². The number of primary amides is 1. The Kier molecular flexibility index (Phi) is 7.26. The van der Waals surface area contributed by atoms with Gasteiger partial charge in [0.05, 0.1) is 0 Å². The Labute approximate surface area is 163 Å². The number of carbonyl (C=O) groups excluding carboxylic acids is 3. The van der Waals surface area contributed by atoms with Crippen molar-refractivity contribution in [2.45, 2.75) is 38.8 Å². The Morgan fingerprint density at radius 2 is 1.61 bits per heavy atom. The minimum atomic E-state index is -0.918. The van der Waals surface area contributed by atoms with Crippen LogP contribution in [0, 0.1) is 12.7 Å². The third-order valence-corrected chi connectivity index (χ3v) is 4.39. The second kappa shape index (κ2) is 9.64. The van der Waals surface area contributed by atoms with Crippen LogP contribution in [0.25, 0.3) is 0 Å². The smallest absolute Gasteiger partial charge is 0.243 e. The molecule has 0 saturated heterocycles. The average molecular weight is 385 g/mol. The van der Waals surface area contributed by atoms with Gasteiger partial charge in [0.2, 0.25) is 17.7 Å².